The van der Waals surface area contributed by atoms with Gasteiger partial charge in [-0.05, 0) is 29.8 Å². The first-order valence-electron chi connectivity index (χ1n) is 6.12. The summed E-state index contributed by atoms with van der Waals surface area (Å²) in [5.74, 6) is 0.0500. The molecule has 0 fully saturated rings. The van der Waals surface area contributed by atoms with Crippen molar-refractivity contribution in [1.29, 1.82) is 0 Å². The Morgan fingerprint density at radius 3 is 2.10 bits per heavy atom. The van der Waals surface area contributed by atoms with Gasteiger partial charge in [0.25, 0.3) is 0 Å². The maximum absolute atomic E-state index is 12.4. The fraction of sp³-hybridized carbons (Fsp3) is 0.200. The number of sulfone groups is 1. The van der Waals surface area contributed by atoms with Crippen LogP contribution in [-0.4, -0.2) is 19.5 Å². The summed E-state index contributed by atoms with van der Waals surface area (Å²) in [5.41, 5.74) is 1.03. The second-order valence-electron chi connectivity index (χ2n) is 4.50. The van der Waals surface area contributed by atoms with Crippen LogP contribution in [0.25, 0.3) is 0 Å². The molecule has 1 atom stereocenters. The van der Waals surface area contributed by atoms with Crippen LogP contribution >= 0.6 is 31.9 Å². The van der Waals surface area contributed by atoms with Crippen LogP contribution in [-0.2, 0) is 9.84 Å². The molecule has 0 aliphatic rings. The minimum absolute atomic E-state index is 0.0511. The third-order valence-electron chi connectivity index (χ3n) is 3.05. The van der Waals surface area contributed by atoms with Gasteiger partial charge in [0.1, 0.15) is 0 Å². The largest absolute Gasteiger partial charge is 0.224 e. The minimum atomic E-state index is -3.29. The SMILES string of the molecule is O=S(=O)(CC(CBr)c1ccccc1)c1ccc(Br)cc1. The van der Waals surface area contributed by atoms with Crippen molar-refractivity contribution >= 4 is 41.7 Å². The molecule has 0 saturated carbocycles. The first-order valence-corrected chi connectivity index (χ1v) is 9.69. The summed E-state index contributed by atoms with van der Waals surface area (Å²) in [6.45, 7) is 0. The molecule has 2 rings (SSSR count). The van der Waals surface area contributed by atoms with E-state index in [4.69, 9.17) is 0 Å². The lowest BCUT2D eigenvalue weighted by molar-refractivity contribution is 0.591. The first-order chi connectivity index (χ1) is 9.53. The van der Waals surface area contributed by atoms with Crippen molar-refractivity contribution in [2.45, 2.75) is 10.8 Å². The van der Waals surface area contributed by atoms with Gasteiger partial charge < -0.3 is 0 Å². The van der Waals surface area contributed by atoms with Crippen LogP contribution in [0, 0.1) is 0 Å². The molecule has 0 radical (unpaired) electrons. The zero-order valence-electron chi connectivity index (χ0n) is 10.7. The van der Waals surface area contributed by atoms with Gasteiger partial charge in [0, 0.05) is 15.7 Å². The molecule has 2 aromatic carbocycles. The van der Waals surface area contributed by atoms with Gasteiger partial charge in [0.15, 0.2) is 9.84 Å². The van der Waals surface area contributed by atoms with Gasteiger partial charge in [0.2, 0.25) is 0 Å². The summed E-state index contributed by atoms with van der Waals surface area (Å²) in [4.78, 5) is 0.364. The lowest BCUT2D eigenvalue weighted by Gasteiger charge is -2.15. The van der Waals surface area contributed by atoms with Crippen LogP contribution in [0.3, 0.4) is 0 Å². The van der Waals surface area contributed by atoms with Crippen LogP contribution in [0.2, 0.25) is 0 Å². The van der Waals surface area contributed by atoms with Crippen molar-refractivity contribution in [1.82, 2.24) is 0 Å². The smallest absolute Gasteiger partial charge is 0.179 e. The first kappa shape index (κ1) is 15.7. The fourth-order valence-corrected chi connectivity index (χ4v) is 4.71. The Labute approximate surface area is 136 Å². The molecule has 0 spiro atoms. The topological polar surface area (TPSA) is 34.1 Å². The van der Waals surface area contributed by atoms with Gasteiger partial charge >= 0.3 is 0 Å². The zero-order valence-corrected chi connectivity index (χ0v) is 14.7. The van der Waals surface area contributed by atoms with E-state index in [-0.39, 0.29) is 11.7 Å². The Balaban J connectivity index is 2.24. The average Bonchev–Trinajstić information content (AvgIpc) is 2.46. The van der Waals surface area contributed by atoms with Crippen molar-refractivity contribution in [3.63, 3.8) is 0 Å². The van der Waals surface area contributed by atoms with E-state index < -0.39 is 9.84 Å². The van der Waals surface area contributed by atoms with Gasteiger partial charge in [-0.1, -0.05) is 62.2 Å². The second-order valence-corrected chi connectivity index (χ2v) is 8.09. The summed E-state index contributed by atoms with van der Waals surface area (Å²) in [6.07, 6.45) is 0. The number of hydrogen-bond donors (Lipinski definition) is 0. The molecule has 2 aromatic rings. The van der Waals surface area contributed by atoms with Gasteiger partial charge in [-0.2, -0.15) is 0 Å². The Kier molecular flexibility index (Phi) is 5.41. The molecule has 20 heavy (non-hydrogen) atoms. The minimum Gasteiger partial charge on any atom is -0.224 e. The molecule has 5 heteroatoms. The van der Waals surface area contributed by atoms with Crippen LogP contribution < -0.4 is 0 Å². The molecule has 0 aliphatic heterocycles. The van der Waals surface area contributed by atoms with Crippen LogP contribution in [0.5, 0.6) is 0 Å². The van der Waals surface area contributed by atoms with E-state index in [2.05, 4.69) is 31.9 Å². The molecular weight excluding hydrogens is 404 g/mol. The Morgan fingerprint density at radius 2 is 1.55 bits per heavy atom. The van der Waals surface area contributed by atoms with E-state index in [9.17, 15) is 8.42 Å². The van der Waals surface area contributed by atoms with Crippen LogP contribution in [0.4, 0.5) is 0 Å². The monoisotopic (exact) mass is 416 g/mol. The lowest BCUT2D eigenvalue weighted by atomic mass is 10.0. The maximum Gasteiger partial charge on any atom is 0.179 e. The number of benzene rings is 2. The molecule has 0 saturated heterocycles. The third kappa shape index (κ3) is 3.93. The highest BCUT2D eigenvalue weighted by molar-refractivity contribution is 9.10. The number of halogens is 2. The third-order valence-corrected chi connectivity index (χ3v) is 6.19. The van der Waals surface area contributed by atoms with E-state index in [0.29, 0.717) is 10.2 Å². The molecular formula is C15H14Br2O2S. The number of hydrogen-bond acceptors (Lipinski definition) is 2. The van der Waals surface area contributed by atoms with Crippen molar-refractivity contribution < 1.29 is 8.42 Å². The Bertz CT molecular complexity index is 652. The fourth-order valence-electron chi connectivity index (χ4n) is 1.96. The van der Waals surface area contributed by atoms with Crippen molar-refractivity contribution in [3.05, 3.63) is 64.6 Å². The van der Waals surface area contributed by atoms with Crippen molar-refractivity contribution in [2.24, 2.45) is 0 Å². The quantitative estimate of drug-likeness (QED) is 0.675. The van der Waals surface area contributed by atoms with Gasteiger partial charge in [-0.15, -0.1) is 0 Å². The molecule has 0 heterocycles. The molecule has 0 aliphatic carbocycles. The lowest BCUT2D eigenvalue weighted by Crippen LogP contribution is -2.16. The Hall–Kier alpha value is -0.650. The van der Waals surface area contributed by atoms with Gasteiger partial charge in [-0.25, -0.2) is 8.42 Å². The summed E-state index contributed by atoms with van der Waals surface area (Å²) >= 11 is 6.73. The molecule has 1 unspecified atom stereocenters. The maximum atomic E-state index is 12.4. The molecule has 0 amide bonds. The summed E-state index contributed by atoms with van der Waals surface area (Å²) < 4.78 is 25.8. The van der Waals surface area contributed by atoms with E-state index in [1.54, 1.807) is 24.3 Å². The predicted molar refractivity (Wildman–Crippen MR) is 89.2 cm³/mol. The molecule has 0 aromatic heterocycles. The van der Waals surface area contributed by atoms with Gasteiger partial charge in [-0.3, -0.25) is 0 Å². The highest BCUT2D eigenvalue weighted by Crippen LogP contribution is 2.24. The molecule has 0 N–H and O–H groups in total. The standard InChI is InChI=1S/C15H14Br2O2S/c16-10-13(12-4-2-1-3-5-12)11-20(18,19)15-8-6-14(17)7-9-15/h1-9,13H,10-11H2. The van der Waals surface area contributed by atoms with E-state index >= 15 is 0 Å². The average molecular weight is 418 g/mol. The molecule has 0 bridgehead atoms. The highest BCUT2D eigenvalue weighted by Gasteiger charge is 2.21. The zero-order chi connectivity index (χ0) is 14.6. The van der Waals surface area contributed by atoms with E-state index in [1.807, 2.05) is 30.3 Å². The normalized spacial score (nSPS) is 13.1. The number of alkyl halides is 1. The summed E-state index contributed by atoms with van der Waals surface area (Å²) in [5, 5.41) is 0.618. The predicted octanol–water partition coefficient (Wildman–Crippen LogP) is 4.40. The van der Waals surface area contributed by atoms with E-state index in [0.717, 1.165) is 10.0 Å². The molecule has 2 nitrogen and oxygen atoms in total. The van der Waals surface area contributed by atoms with Crippen molar-refractivity contribution in [3.8, 4) is 0 Å². The Morgan fingerprint density at radius 1 is 0.950 bits per heavy atom. The van der Waals surface area contributed by atoms with Gasteiger partial charge in [0.05, 0.1) is 10.6 Å². The number of rotatable bonds is 5. The highest BCUT2D eigenvalue weighted by atomic mass is 79.9. The van der Waals surface area contributed by atoms with E-state index in [1.165, 1.54) is 0 Å². The summed E-state index contributed by atoms with van der Waals surface area (Å²) in [7, 11) is -3.29. The van der Waals surface area contributed by atoms with Crippen LogP contribution in [0.15, 0.2) is 64.0 Å². The van der Waals surface area contributed by atoms with Crippen LogP contribution in [0.1, 0.15) is 11.5 Å². The molecule has 106 valence electrons. The van der Waals surface area contributed by atoms with Crippen molar-refractivity contribution in [2.75, 3.05) is 11.1 Å². The second kappa shape index (κ2) is 6.87. The summed E-state index contributed by atoms with van der Waals surface area (Å²) in [6, 6.07) is 16.5.